The quantitative estimate of drug-likeness (QED) is 0.406. The third-order valence-corrected chi connectivity index (χ3v) is 6.46. The highest BCUT2D eigenvalue weighted by Gasteiger charge is 2.23. The molecular weight excluding hydrogens is 412 g/mol. The number of carbonyl (C=O) groups excluding carboxylic acids is 1. The van der Waals surface area contributed by atoms with Crippen molar-refractivity contribution in [3.8, 4) is 0 Å². The first kappa shape index (κ1) is 21.5. The summed E-state index contributed by atoms with van der Waals surface area (Å²) in [5.41, 5.74) is 0.553. The van der Waals surface area contributed by atoms with Crippen LogP contribution < -0.4 is 10.9 Å². The lowest BCUT2D eigenvalue weighted by atomic mass is 10.2. The Morgan fingerprint density at radius 2 is 2.03 bits per heavy atom. The monoisotopic (exact) mass is 440 g/mol. The Morgan fingerprint density at radius 1 is 1.23 bits per heavy atom. The van der Waals surface area contributed by atoms with E-state index in [0.29, 0.717) is 30.0 Å². The number of amides is 1. The maximum Gasteiger partial charge on any atom is 0.261 e. The maximum atomic E-state index is 12.5. The first-order valence-electron chi connectivity index (χ1n) is 10.9. The summed E-state index contributed by atoms with van der Waals surface area (Å²) < 4.78 is 3.80. The number of carbonyl (C=O) groups is 1. The number of nitrogens with zero attached hydrogens (tertiary/aromatic N) is 5. The van der Waals surface area contributed by atoms with E-state index in [1.54, 1.807) is 17.8 Å². The number of para-hydroxylation sites is 1. The highest BCUT2D eigenvalue weighted by atomic mass is 32.2. The number of rotatable bonds is 9. The van der Waals surface area contributed by atoms with E-state index in [1.165, 1.54) is 36.6 Å². The van der Waals surface area contributed by atoms with E-state index in [0.717, 1.165) is 23.8 Å². The zero-order valence-electron chi connectivity index (χ0n) is 17.8. The van der Waals surface area contributed by atoms with Crippen LogP contribution in [0.2, 0.25) is 0 Å². The van der Waals surface area contributed by atoms with E-state index >= 15 is 0 Å². The summed E-state index contributed by atoms with van der Waals surface area (Å²) in [6, 6.07) is 7.75. The van der Waals surface area contributed by atoms with Crippen molar-refractivity contribution < 1.29 is 4.79 Å². The maximum absolute atomic E-state index is 12.5. The van der Waals surface area contributed by atoms with Gasteiger partial charge in [-0.3, -0.25) is 14.2 Å². The molecule has 9 heteroatoms. The Balaban J connectivity index is 1.26. The summed E-state index contributed by atoms with van der Waals surface area (Å²) in [6.45, 7) is 0.894. The van der Waals surface area contributed by atoms with E-state index in [9.17, 15) is 9.59 Å². The van der Waals surface area contributed by atoms with Crippen LogP contribution in [0.5, 0.6) is 0 Å². The van der Waals surface area contributed by atoms with Gasteiger partial charge in [0, 0.05) is 32.0 Å². The molecule has 1 amide bonds. The van der Waals surface area contributed by atoms with Crippen LogP contribution in [0.4, 0.5) is 0 Å². The number of nitrogens with one attached hydrogen (secondary N) is 1. The molecule has 2 aromatic heterocycles. The molecule has 3 aromatic rings. The number of hydrogen-bond acceptors (Lipinski definition) is 6. The molecular formula is C22H28N6O2S. The highest BCUT2D eigenvalue weighted by Crippen LogP contribution is 2.33. The number of aromatic nitrogens is 5. The number of hydrogen-bond donors (Lipinski definition) is 1. The van der Waals surface area contributed by atoms with Crippen molar-refractivity contribution in [1.82, 2.24) is 29.6 Å². The molecule has 2 heterocycles. The van der Waals surface area contributed by atoms with Gasteiger partial charge in [-0.05, 0) is 37.7 Å². The second kappa shape index (κ2) is 10.1. The standard InChI is InChI=1S/C22H28N6O2S/c1-31-22-26-25-19(28(22)16-7-2-3-8-16)11-6-13-23-20(29)12-14-27-15-24-18-10-5-4-9-17(18)21(27)30/h4-5,9-10,15-16H,2-3,6-8,11-14H2,1H3,(H,23,29). The predicted octanol–water partition coefficient (Wildman–Crippen LogP) is 2.96. The van der Waals surface area contributed by atoms with Crippen molar-refractivity contribution in [2.45, 2.75) is 62.7 Å². The fourth-order valence-corrected chi connectivity index (χ4v) is 4.77. The average molecular weight is 441 g/mol. The second-order valence-electron chi connectivity index (χ2n) is 7.87. The molecule has 0 atom stereocenters. The lowest BCUT2D eigenvalue weighted by Gasteiger charge is -2.16. The SMILES string of the molecule is CSc1nnc(CCCNC(=O)CCn2cnc3ccccc3c2=O)n1C1CCCC1. The van der Waals surface area contributed by atoms with Crippen LogP contribution in [-0.4, -0.2) is 43.0 Å². The Morgan fingerprint density at radius 3 is 2.84 bits per heavy atom. The van der Waals surface area contributed by atoms with Crippen LogP contribution >= 0.6 is 11.8 Å². The molecule has 0 saturated heterocycles. The van der Waals surface area contributed by atoms with Gasteiger partial charge < -0.3 is 9.88 Å². The molecule has 4 rings (SSSR count). The highest BCUT2D eigenvalue weighted by molar-refractivity contribution is 7.98. The molecule has 1 aliphatic carbocycles. The lowest BCUT2D eigenvalue weighted by Crippen LogP contribution is -2.28. The van der Waals surface area contributed by atoms with Gasteiger partial charge in [0.1, 0.15) is 5.82 Å². The molecule has 1 fully saturated rings. The number of thioether (sulfide) groups is 1. The van der Waals surface area contributed by atoms with E-state index in [4.69, 9.17) is 0 Å². The minimum absolute atomic E-state index is 0.0675. The second-order valence-corrected chi connectivity index (χ2v) is 8.65. The summed E-state index contributed by atoms with van der Waals surface area (Å²) in [5, 5.41) is 13.2. The van der Waals surface area contributed by atoms with Gasteiger partial charge in [-0.15, -0.1) is 10.2 Å². The van der Waals surface area contributed by atoms with Gasteiger partial charge in [-0.1, -0.05) is 36.7 Å². The molecule has 0 spiro atoms. The number of aryl methyl sites for hydroxylation is 2. The van der Waals surface area contributed by atoms with Crippen LogP contribution in [0.15, 0.2) is 40.5 Å². The summed E-state index contributed by atoms with van der Waals surface area (Å²) in [6.07, 6.45) is 10.3. The zero-order valence-corrected chi connectivity index (χ0v) is 18.6. The van der Waals surface area contributed by atoms with Gasteiger partial charge in [-0.2, -0.15) is 0 Å². The average Bonchev–Trinajstić information content (AvgIpc) is 3.46. The predicted molar refractivity (Wildman–Crippen MR) is 121 cm³/mol. The smallest absolute Gasteiger partial charge is 0.261 e. The topological polar surface area (TPSA) is 94.7 Å². The van der Waals surface area contributed by atoms with Crippen molar-refractivity contribution in [1.29, 1.82) is 0 Å². The Labute approximate surface area is 185 Å². The molecule has 0 radical (unpaired) electrons. The van der Waals surface area contributed by atoms with Gasteiger partial charge in [0.15, 0.2) is 5.16 Å². The zero-order chi connectivity index (χ0) is 21.6. The van der Waals surface area contributed by atoms with Gasteiger partial charge in [-0.25, -0.2) is 4.98 Å². The molecule has 164 valence electrons. The molecule has 8 nitrogen and oxygen atoms in total. The molecule has 31 heavy (non-hydrogen) atoms. The molecule has 0 aliphatic heterocycles. The first-order valence-corrected chi connectivity index (χ1v) is 12.1. The van der Waals surface area contributed by atoms with Crippen LogP contribution in [0.1, 0.15) is 50.4 Å². The van der Waals surface area contributed by atoms with Crippen LogP contribution in [-0.2, 0) is 17.8 Å². The van der Waals surface area contributed by atoms with Gasteiger partial charge in [0.2, 0.25) is 5.91 Å². The van der Waals surface area contributed by atoms with E-state index in [1.807, 2.05) is 24.5 Å². The Kier molecular flexibility index (Phi) is 7.01. The van der Waals surface area contributed by atoms with Crippen LogP contribution in [0.3, 0.4) is 0 Å². The molecule has 0 unspecified atom stereocenters. The minimum atomic E-state index is -0.116. The molecule has 1 saturated carbocycles. The molecule has 0 bridgehead atoms. The molecule has 1 N–H and O–H groups in total. The fraction of sp³-hybridized carbons (Fsp3) is 0.500. The molecule has 1 aromatic carbocycles. The van der Waals surface area contributed by atoms with Crippen molar-refractivity contribution in [3.05, 3.63) is 46.8 Å². The van der Waals surface area contributed by atoms with Gasteiger partial charge in [0.05, 0.1) is 17.2 Å². The summed E-state index contributed by atoms with van der Waals surface area (Å²) in [4.78, 5) is 29.0. The van der Waals surface area contributed by atoms with E-state index in [-0.39, 0.29) is 17.9 Å². The summed E-state index contributed by atoms with van der Waals surface area (Å²) in [7, 11) is 0. The minimum Gasteiger partial charge on any atom is -0.356 e. The third kappa shape index (κ3) is 4.98. The summed E-state index contributed by atoms with van der Waals surface area (Å²) >= 11 is 1.64. The number of fused-ring (bicyclic) bond motifs is 1. The van der Waals surface area contributed by atoms with Gasteiger partial charge >= 0.3 is 0 Å². The van der Waals surface area contributed by atoms with E-state index < -0.39 is 0 Å². The van der Waals surface area contributed by atoms with Crippen molar-refractivity contribution in [3.63, 3.8) is 0 Å². The fourth-order valence-electron chi connectivity index (χ4n) is 4.20. The Bertz CT molecular complexity index is 1100. The molecule has 1 aliphatic rings. The summed E-state index contributed by atoms with van der Waals surface area (Å²) in [5.74, 6) is 0.946. The van der Waals surface area contributed by atoms with Crippen LogP contribution in [0, 0.1) is 0 Å². The lowest BCUT2D eigenvalue weighted by molar-refractivity contribution is -0.121. The largest absolute Gasteiger partial charge is 0.356 e. The van der Waals surface area contributed by atoms with Crippen molar-refractivity contribution in [2.24, 2.45) is 0 Å². The van der Waals surface area contributed by atoms with Crippen LogP contribution in [0.25, 0.3) is 10.9 Å². The van der Waals surface area contributed by atoms with Gasteiger partial charge in [0.25, 0.3) is 5.56 Å². The van der Waals surface area contributed by atoms with Crippen molar-refractivity contribution in [2.75, 3.05) is 12.8 Å². The number of benzene rings is 1. The van der Waals surface area contributed by atoms with E-state index in [2.05, 4.69) is 25.1 Å². The third-order valence-electron chi connectivity index (χ3n) is 5.82. The Hall–Kier alpha value is -2.68. The first-order chi connectivity index (χ1) is 15.2. The van der Waals surface area contributed by atoms with Crippen molar-refractivity contribution >= 4 is 28.6 Å². The normalized spacial score (nSPS) is 14.4.